The van der Waals surface area contributed by atoms with Gasteiger partial charge in [-0.3, -0.25) is 14.2 Å². The Morgan fingerprint density at radius 1 is 1.36 bits per heavy atom. The van der Waals surface area contributed by atoms with Crippen LogP contribution in [0.1, 0.15) is 25.3 Å². The Kier molecular flexibility index (Phi) is 5.55. The van der Waals surface area contributed by atoms with Crippen LogP contribution in [0.25, 0.3) is 0 Å². The molecule has 22 heavy (non-hydrogen) atoms. The molecule has 0 bridgehead atoms. The van der Waals surface area contributed by atoms with Crippen LogP contribution in [-0.2, 0) is 21.5 Å². The van der Waals surface area contributed by atoms with Crippen molar-refractivity contribution in [2.24, 2.45) is 0 Å². The molecule has 122 valence electrons. The van der Waals surface area contributed by atoms with Gasteiger partial charge in [0.15, 0.2) is 0 Å². The summed E-state index contributed by atoms with van der Waals surface area (Å²) in [6, 6.07) is 9.75. The highest BCUT2D eigenvalue weighted by Gasteiger charge is 2.26. The fourth-order valence-corrected chi connectivity index (χ4v) is 3.03. The lowest BCUT2D eigenvalue weighted by atomic mass is 10.1. The van der Waals surface area contributed by atoms with Crippen LogP contribution >= 0.6 is 0 Å². The van der Waals surface area contributed by atoms with Gasteiger partial charge >= 0.3 is 0 Å². The smallest absolute Gasteiger partial charge is 0.268 e. The summed E-state index contributed by atoms with van der Waals surface area (Å²) < 4.78 is 31.7. The molecule has 0 radical (unpaired) electrons. The minimum atomic E-state index is -4.06. The zero-order valence-electron chi connectivity index (χ0n) is 12.6. The highest BCUT2D eigenvalue weighted by Crippen LogP contribution is 2.13. The number of carbonyl (C=O) groups excluding carboxylic acids is 1. The Bertz CT molecular complexity index is 603. The van der Waals surface area contributed by atoms with Crippen LogP contribution in [0.4, 0.5) is 0 Å². The van der Waals surface area contributed by atoms with Gasteiger partial charge in [0.25, 0.3) is 10.1 Å². The van der Waals surface area contributed by atoms with E-state index in [0.29, 0.717) is 19.5 Å². The van der Waals surface area contributed by atoms with Crippen LogP contribution in [0.2, 0.25) is 0 Å². The van der Waals surface area contributed by atoms with Gasteiger partial charge in [-0.15, -0.1) is 0 Å². The number of carbonyl (C=O) groups is 1. The fourth-order valence-electron chi connectivity index (χ4n) is 2.63. The number of hydrogen-bond acceptors (Lipinski definition) is 4. The average Bonchev–Trinajstić information content (AvgIpc) is 2.84. The number of nitrogens with zero attached hydrogens (tertiary/aromatic N) is 1. The van der Waals surface area contributed by atoms with Crippen molar-refractivity contribution in [2.45, 2.75) is 37.6 Å². The first kappa shape index (κ1) is 16.9. The fraction of sp³-hybridized carbons (Fsp3) is 0.533. The minimum absolute atomic E-state index is 0.0322. The first-order chi connectivity index (χ1) is 10.3. The normalized spacial score (nSPS) is 20.1. The third kappa shape index (κ3) is 5.08. The summed E-state index contributed by atoms with van der Waals surface area (Å²) in [6.07, 6.45) is 1.27. The topological polar surface area (TPSA) is 86.7 Å². The van der Waals surface area contributed by atoms with Gasteiger partial charge in [-0.1, -0.05) is 30.3 Å². The molecule has 1 amide bonds. The SMILES string of the molecule is CC(CN(Cc1ccccc1)C[C@H]1CCC(=O)N1)S(=O)(=O)O. The van der Waals surface area contributed by atoms with Gasteiger partial charge < -0.3 is 5.32 Å². The molecule has 0 saturated carbocycles. The lowest BCUT2D eigenvalue weighted by molar-refractivity contribution is -0.119. The summed E-state index contributed by atoms with van der Waals surface area (Å²) in [5.41, 5.74) is 1.06. The number of amides is 1. The molecule has 2 atom stereocenters. The Morgan fingerprint density at radius 3 is 2.59 bits per heavy atom. The molecule has 2 N–H and O–H groups in total. The molecule has 0 aromatic heterocycles. The molecule has 0 aliphatic carbocycles. The number of rotatable bonds is 7. The Morgan fingerprint density at radius 2 is 2.05 bits per heavy atom. The zero-order chi connectivity index (χ0) is 16.2. The second-order valence-corrected chi connectivity index (χ2v) is 7.64. The van der Waals surface area contributed by atoms with Crippen molar-refractivity contribution in [3.63, 3.8) is 0 Å². The van der Waals surface area contributed by atoms with Gasteiger partial charge in [0.2, 0.25) is 5.91 Å². The molecule has 7 heteroatoms. The Balaban J connectivity index is 2.04. The zero-order valence-corrected chi connectivity index (χ0v) is 13.4. The number of hydrogen-bond donors (Lipinski definition) is 2. The van der Waals surface area contributed by atoms with Crippen LogP contribution < -0.4 is 5.32 Å². The van der Waals surface area contributed by atoms with Gasteiger partial charge in [0.1, 0.15) is 0 Å². The van der Waals surface area contributed by atoms with Crippen molar-refractivity contribution in [3.05, 3.63) is 35.9 Å². The average molecular weight is 326 g/mol. The number of nitrogens with one attached hydrogen (secondary N) is 1. The minimum Gasteiger partial charge on any atom is -0.352 e. The summed E-state index contributed by atoms with van der Waals surface area (Å²) in [5, 5.41) is 2.02. The van der Waals surface area contributed by atoms with Gasteiger partial charge in [-0.25, -0.2) is 0 Å². The van der Waals surface area contributed by atoms with Crippen molar-refractivity contribution in [2.75, 3.05) is 13.1 Å². The molecule has 1 heterocycles. The van der Waals surface area contributed by atoms with Crippen molar-refractivity contribution in [1.29, 1.82) is 0 Å². The molecular weight excluding hydrogens is 304 g/mol. The quantitative estimate of drug-likeness (QED) is 0.731. The Hall–Kier alpha value is -1.44. The summed E-state index contributed by atoms with van der Waals surface area (Å²) in [5.74, 6) is 0.0347. The van der Waals surface area contributed by atoms with E-state index < -0.39 is 15.4 Å². The van der Waals surface area contributed by atoms with Gasteiger partial charge in [-0.05, 0) is 18.9 Å². The molecule has 1 aliphatic heterocycles. The second kappa shape index (κ2) is 7.21. The third-order valence-electron chi connectivity index (χ3n) is 3.84. The largest absolute Gasteiger partial charge is 0.352 e. The van der Waals surface area contributed by atoms with Crippen LogP contribution in [0.5, 0.6) is 0 Å². The molecule has 1 fully saturated rings. The summed E-state index contributed by atoms with van der Waals surface area (Å²) in [6.45, 7) is 2.86. The highest BCUT2D eigenvalue weighted by atomic mass is 32.2. The third-order valence-corrected chi connectivity index (χ3v) is 5.00. The van der Waals surface area contributed by atoms with Crippen LogP contribution in [0, 0.1) is 0 Å². The van der Waals surface area contributed by atoms with Crippen molar-refractivity contribution < 1.29 is 17.8 Å². The summed E-state index contributed by atoms with van der Waals surface area (Å²) >= 11 is 0. The first-order valence-electron chi connectivity index (χ1n) is 7.36. The van der Waals surface area contributed by atoms with Crippen molar-refractivity contribution in [1.82, 2.24) is 10.2 Å². The maximum atomic E-state index is 11.3. The molecule has 6 nitrogen and oxygen atoms in total. The molecule has 1 aromatic rings. The van der Waals surface area contributed by atoms with E-state index in [9.17, 15) is 17.8 Å². The molecule has 1 aromatic carbocycles. The summed E-state index contributed by atoms with van der Waals surface area (Å²) in [4.78, 5) is 13.3. The van der Waals surface area contributed by atoms with Crippen LogP contribution in [0.15, 0.2) is 30.3 Å². The van der Waals surface area contributed by atoms with E-state index >= 15 is 0 Å². The van der Waals surface area contributed by atoms with E-state index in [1.165, 1.54) is 6.92 Å². The lowest BCUT2D eigenvalue weighted by Gasteiger charge is -2.27. The lowest BCUT2D eigenvalue weighted by Crippen LogP contribution is -2.42. The van der Waals surface area contributed by atoms with Crippen molar-refractivity contribution >= 4 is 16.0 Å². The first-order valence-corrected chi connectivity index (χ1v) is 8.87. The molecule has 1 saturated heterocycles. The predicted molar refractivity (Wildman–Crippen MR) is 83.9 cm³/mol. The monoisotopic (exact) mass is 326 g/mol. The number of benzene rings is 1. The highest BCUT2D eigenvalue weighted by molar-refractivity contribution is 7.86. The summed E-state index contributed by atoms with van der Waals surface area (Å²) in [7, 11) is -4.06. The molecule has 1 unspecified atom stereocenters. The maximum Gasteiger partial charge on any atom is 0.268 e. The van der Waals surface area contributed by atoms with E-state index in [-0.39, 0.29) is 18.5 Å². The Labute approximate surface area is 131 Å². The van der Waals surface area contributed by atoms with Crippen LogP contribution in [0.3, 0.4) is 0 Å². The maximum absolute atomic E-state index is 11.3. The van der Waals surface area contributed by atoms with E-state index in [2.05, 4.69) is 5.32 Å². The van der Waals surface area contributed by atoms with Gasteiger partial charge in [0, 0.05) is 32.1 Å². The molecule has 2 rings (SSSR count). The van der Waals surface area contributed by atoms with E-state index in [0.717, 1.165) is 12.0 Å². The molecular formula is C15H22N2O4S. The van der Waals surface area contributed by atoms with E-state index in [4.69, 9.17) is 0 Å². The van der Waals surface area contributed by atoms with E-state index in [1.807, 2.05) is 35.2 Å². The van der Waals surface area contributed by atoms with Gasteiger partial charge in [-0.2, -0.15) is 8.42 Å². The molecule has 0 spiro atoms. The predicted octanol–water partition coefficient (Wildman–Crippen LogP) is 1.04. The standard InChI is InChI=1S/C15H22N2O4S/c1-12(22(19,20)21)9-17(10-13-5-3-2-4-6-13)11-14-7-8-15(18)16-14/h2-6,12,14H,7-11H2,1H3,(H,16,18)(H,19,20,21)/t12?,14-/m1/s1. The van der Waals surface area contributed by atoms with Crippen molar-refractivity contribution in [3.8, 4) is 0 Å². The second-order valence-electron chi connectivity index (χ2n) is 5.81. The van der Waals surface area contributed by atoms with E-state index in [1.54, 1.807) is 0 Å². The van der Waals surface area contributed by atoms with Crippen LogP contribution in [-0.4, -0.2) is 48.2 Å². The van der Waals surface area contributed by atoms with Gasteiger partial charge in [0.05, 0.1) is 5.25 Å². The molecule has 1 aliphatic rings.